The van der Waals surface area contributed by atoms with Crippen LogP contribution in [0.4, 0.5) is 13.2 Å². The van der Waals surface area contributed by atoms with Crippen molar-refractivity contribution in [1.82, 2.24) is 10.1 Å². The van der Waals surface area contributed by atoms with Gasteiger partial charge in [-0.05, 0) is 59.7 Å². The summed E-state index contributed by atoms with van der Waals surface area (Å²) in [4.78, 5) is 15.2. The number of hydrogen-bond acceptors (Lipinski definition) is 4. The smallest absolute Gasteiger partial charge is 0.417 e. The lowest BCUT2D eigenvalue weighted by molar-refractivity contribution is -0.138. The van der Waals surface area contributed by atoms with Crippen molar-refractivity contribution in [3.63, 3.8) is 0 Å². The summed E-state index contributed by atoms with van der Waals surface area (Å²) in [6, 6.07) is 18.0. The largest absolute Gasteiger partial charge is 0.481 e. The number of benzene rings is 3. The van der Waals surface area contributed by atoms with Gasteiger partial charge in [-0.1, -0.05) is 60.6 Å². The SMILES string of the molecule is Cc1cc(-c2nc(-c3ccc([C@@H](C)CCC(=O)O)cc3)no2)ccc1-c1ccccc1C(F)(F)F. The van der Waals surface area contributed by atoms with Gasteiger partial charge in [0.25, 0.3) is 5.89 Å². The van der Waals surface area contributed by atoms with E-state index in [1.807, 2.05) is 31.2 Å². The molecule has 8 heteroatoms. The molecule has 35 heavy (non-hydrogen) atoms. The number of rotatable bonds is 7. The third-order valence-electron chi connectivity index (χ3n) is 5.95. The molecule has 5 nitrogen and oxygen atoms in total. The van der Waals surface area contributed by atoms with E-state index in [4.69, 9.17) is 9.63 Å². The fourth-order valence-electron chi connectivity index (χ4n) is 3.99. The fourth-order valence-corrected chi connectivity index (χ4v) is 3.99. The average Bonchev–Trinajstić information content (AvgIpc) is 3.32. The molecule has 0 aliphatic rings. The average molecular weight is 480 g/mol. The minimum absolute atomic E-state index is 0.102. The van der Waals surface area contributed by atoms with Crippen LogP contribution in [0.1, 0.15) is 42.4 Å². The number of carboxylic acid groups (broad SMARTS) is 1. The Balaban J connectivity index is 1.56. The van der Waals surface area contributed by atoms with Crippen LogP contribution in [0, 0.1) is 6.92 Å². The van der Waals surface area contributed by atoms with E-state index < -0.39 is 17.7 Å². The number of aromatic nitrogens is 2. The highest BCUT2D eigenvalue weighted by Crippen LogP contribution is 2.39. The second-order valence-corrected chi connectivity index (χ2v) is 8.45. The lowest BCUT2D eigenvalue weighted by Crippen LogP contribution is -2.07. The topological polar surface area (TPSA) is 76.2 Å². The number of hydrogen-bond donors (Lipinski definition) is 1. The molecule has 4 aromatic rings. The second kappa shape index (κ2) is 9.74. The zero-order valence-corrected chi connectivity index (χ0v) is 19.1. The predicted molar refractivity (Wildman–Crippen MR) is 126 cm³/mol. The quantitative estimate of drug-likeness (QED) is 0.299. The fraction of sp³-hybridized carbons (Fsp3) is 0.222. The Morgan fingerprint density at radius 3 is 2.34 bits per heavy atom. The highest BCUT2D eigenvalue weighted by Gasteiger charge is 2.33. The Hall–Kier alpha value is -3.94. The molecule has 0 saturated heterocycles. The van der Waals surface area contributed by atoms with Gasteiger partial charge < -0.3 is 9.63 Å². The van der Waals surface area contributed by atoms with Gasteiger partial charge in [0.1, 0.15) is 0 Å². The minimum atomic E-state index is -4.45. The molecule has 0 aliphatic carbocycles. The van der Waals surface area contributed by atoms with Crippen molar-refractivity contribution in [1.29, 1.82) is 0 Å². The van der Waals surface area contributed by atoms with Gasteiger partial charge in [-0.15, -0.1) is 0 Å². The summed E-state index contributed by atoms with van der Waals surface area (Å²) in [5, 5.41) is 12.9. The van der Waals surface area contributed by atoms with Crippen molar-refractivity contribution in [2.24, 2.45) is 0 Å². The normalized spacial score (nSPS) is 12.5. The van der Waals surface area contributed by atoms with Gasteiger partial charge in [-0.2, -0.15) is 18.2 Å². The van der Waals surface area contributed by atoms with Gasteiger partial charge >= 0.3 is 12.1 Å². The predicted octanol–water partition coefficient (Wildman–Crippen LogP) is 7.37. The molecule has 0 radical (unpaired) electrons. The summed E-state index contributed by atoms with van der Waals surface area (Å²) in [6.07, 6.45) is -3.80. The second-order valence-electron chi connectivity index (χ2n) is 8.45. The first kappa shape index (κ1) is 24.2. The third kappa shape index (κ3) is 5.42. The van der Waals surface area contributed by atoms with E-state index in [9.17, 15) is 18.0 Å². The molecular formula is C27H23F3N2O3. The first-order chi connectivity index (χ1) is 16.6. The van der Waals surface area contributed by atoms with Crippen LogP contribution in [0.25, 0.3) is 34.0 Å². The minimum Gasteiger partial charge on any atom is -0.481 e. The maximum atomic E-state index is 13.5. The Labute approximate surface area is 200 Å². The molecule has 0 unspecified atom stereocenters. The maximum absolute atomic E-state index is 13.5. The van der Waals surface area contributed by atoms with Crippen LogP contribution in [-0.4, -0.2) is 21.2 Å². The summed E-state index contributed by atoms with van der Waals surface area (Å²) in [7, 11) is 0. The zero-order chi connectivity index (χ0) is 25.2. The monoisotopic (exact) mass is 480 g/mol. The van der Waals surface area contributed by atoms with Crippen LogP contribution in [0.3, 0.4) is 0 Å². The summed E-state index contributed by atoms with van der Waals surface area (Å²) >= 11 is 0. The molecule has 0 saturated carbocycles. The van der Waals surface area contributed by atoms with Crippen molar-refractivity contribution in [3.05, 3.63) is 83.4 Å². The molecule has 3 aromatic carbocycles. The molecule has 0 amide bonds. The molecule has 1 N–H and O–H groups in total. The molecule has 1 aromatic heterocycles. The number of nitrogens with zero attached hydrogens (tertiary/aromatic N) is 2. The Morgan fingerprint density at radius 1 is 1.00 bits per heavy atom. The van der Waals surface area contributed by atoms with Crippen molar-refractivity contribution in [2.45, 2.75) is 38.8 Å². The van der Waals surface area contributed by atoms with Gasteiger partial charge in [-0.3, -0.25) is 4.79 Å². The summed E-state index contributed by atoms with van der Waals surface area (Å²) in [5.41, 5.74) is 2.93. The van der Waals surface area contributed by atoms with E-state index >= 15 is 0 Å². The molecule has 0 spiro atoms. The molecule has 4 rings (SSSR count). The Kier molecular flexibility index (Phi) is 6.73. The number of aryl methyl sites for hydroxylation is 1. The summed E-state index contributed by atoms with van der Waals surface area (Å²) in [6.45, 7) is 3.72. The zero-order valence-electron chi connectivity index (χ0n) is 19.1. The standard InChI is InChI=1S/C27H23F3N2O3/c1-16(7-14-24(33)34)18-8-10-19(11-9-18)25-31-26(35-32-25)20-12-13-21(17(2)15-20)22-5-3-4-6-23(22)27(28,29)30/h3-6,8-13,15-16H,7,14H2,1-2H3,(H,33,34)/t16-/m0/s1. The molecule has 0 fully saturated rings. The molecular weight excluding hydrogens is 457 g/mol. The Morgan fingerprint density at radius 2 is 1.69 bits per heavy atom. The number of carbonyl (C=O) groups is 1. The van der Waals surface area contributed by atoms with Crippen molar-refractivity contribution in [3.8, 4) is 34.0 Å². The molecule has 180 valence electrons. The van der Waals surface area contributed by atoms with Crippen molar-refractivity contribution >= 4 is 5.97 Å². The molecule has 0 aliphatic heterocycles. The van der Waals surface area contributed by atoms with E-state index in [-0.39, 0.29) is 23.8 Å². The first-order valence-electron chi connectivity index (χ1n) is 11.1. The van der Waals surface area contributed by atoms with E-state index in [1.54, 1.807) is 31.2 Å². The van der Waals surface area contributed by atoms with E-state index in [1.165, 1.54) is 12.1 Å². The lowest BCUT2D eigenvalue weighted by atomic mass is 9.94. The maximum Gasteiger partial charge on any atom is 0.417 e. The van der Waals surface area contributed by atoms with Gasteiger partial charge in [0.2, 0.25) is 5.82 Å². The van der Waals surface area contributed by atoms with Gasteiger partial charge in [0, 0.05) is 17.5 Å². The van der Waals surface area contributed by atoms with Gasteiger partial charge in [0.05, 0.1) is 5.56 Å². The Bertz CT molecular complexity index is 1340. The molecule has 1 atom stereocenters. The van der Waals surface area contributed by atoms with Crippen molar-refractivity contribution < 1.29 is 27.6 Å². The lowest BCUT2D eigenvalue weighted by Gasteiger charge is -2.14. The highest BCUT2D eigenvalue weighted by atomic mass is 19.4. The molecule has 0 bridgehead atoms. The van der Waals surface area contributed by atoms with Crippen LogP contribution in [0.15, 0.2) is 71.3 Å². The van der Waals surface area contributed by atoms with Crippen LogP contribution >= 0.6 is 0 Å². The van der Waals surface area contributed by atoms with Gasteiger partial charge in [-0.25, -0.2) is 0 Å². The van der Waals surface area contributed by atoms with E-state index in [0.717, 1.165) is 17.2 Å². The van der Waals surface area contributed by atoms with Crippen LogP contribution < -0.4 is 0 Å². The number of carboxylic acids is 1. The van der Waals surface area contributed by atoms with Gasteiger partial charge in [0.15, 0.2) is 0 Å². The van der Waals surface area contributed by atoms with E-state index in [2.05, 4.69) is 10.1 Å². The van der Waals surface area contributed by atoms with Crippen LogP contribution in [-0.2, 0) is 11.0 Å². The van der Waals surface area contributed by atoms with E-state index in [0.29, 0.717) is 28.9 Å². The summed E-state index contributed by atoms with van der Waals surface area (Å²) < 4.78 is 45.8. The van der Waals surface area contributed by atoms with Crippen LogP contribution in [0.5, 0.6) is 0 Å². The van der Waals surface area contributed by atoms with Crippen LogP contribution in [0.2, 0.25) is 0 Å². The first-order valence-corrected chi connectivity index (χ1v) is 11.1. The van der Waals surface area contributed by atoms with Crippen molar-refractivity contribution in [2.75, 3.05) is 0 Å². The third-order valence-corrected chi connectivity index (χ3v) is 5.95. The molecule has 1 heterocycles. The number of aliphatic carboxylic acids is 1. The highest BCUT2D eigenvalue weighted by molar-refractivity contribution is 5.74. The number of halogens is 3. The number of alkyl halides is 3. The summed E-state index contributed by atoms with van der Waals surface area (Å²) in [5.74, 6) is -0.0721.